The van der Waals surface area contributed by atoms with Gasteiger partial charge in [-0.05, 0) is 25.7 Å². The molecule has 2 atom stereocenters. The van der Waals surface area contributed by atoms with Crippen molar-refractivity contribution in [2.24, 2.45) is 11.8 Å². The molecule has 0 aromatic heterocycles. The first-order valence-corrected chi connectivity index (χ1v) is 3.72. The molecule has 0 bridgehead atoms. The van der Waals surface area contributed by atoms with Crippen LogP contribution in [0.15, 0.2) is 0 Å². The van der Waals surface area contributed by atoms with E-state index in [0.717, 1.165) is 0 Å². The van der Waals surface area contributed by atoms with E-state index in [-0.39, 0.29) is 18.4 Å². The fraction of sp³-hybridized carbons (Fsp3) is 1.00. The molecule has 0 amide bonds. The average molecular weight is 146 g/mol. The Kier molecular flexibility index (Phi) is 3.33. The Morgan fingerprint density at radius 3 is 1.80 bits per heavy atom. The van der Waals surface area contributed by atoms with Gasteiger partial charge in [-0.1, -0.05) is 13.8 Å². The molecule has 0 aliphatic carbocycles. The minimum Gasteiger partial charge on any atom is -0.396 e. The van der Waals surface area contributed by atoms with E-state index >= 15 is 0 Å². The third kappa shape index (κ3) is 2.67. The molecular formula is C8H18O2. The third-order valence-corrected chi connectivity index (χ3v) is 2.26. The van der Waals surface area contributed by atoms with Crippen LogP contribution >= 0.6 is 0 Å². The predicted octanol–water partition coefficient (Wildman–Crippen LogP) is 1.02. The van der Waals surface area contributed by atoms with Crippen molar-refractivity contribution in [3.8, 4) is 0 Å². The summed E-state index contributed by atoms with van der Waals surface area (Å²) in [4.78, 5) is 0. The van der Waals surface area contributed by atoms with Gasteiger partial charge in [-0.2, -0.15) is 0 Å². The molecule has 2 heteroatoms. The lowest BCUT2D eigenvalue weighted by Gasteiger charge is -2.29. The summed E-state index contributed by atoms with van der Waals surface area (Å²) in [5.74, 6) is 0.303. The Morgan fingerprint density at radius 1 is 1.30 bits per heavy atom. The minimum atomic E-state index is -0.678. The number of rotatable bonds is 3. The van der Waals surface area contributed by atoms with Gasteiger partial charge in [0.2, 0.25) is 0 Å². The zero-order chi connectivity index (χ0) is 8.36. The molecule has 2 nitrogen and oxygen atoms in total. The summed E-state index contributed by atoms with van der Waals surface area (Å²) >= 11 is 0. The standard InChI is InChI=1S/C8H18O2/c1-6(5-9)7(2)8(3,4)10/h6-7,9-10H,5H2,1-4H3/t6-,7-/m1/s1. The van der Waals surface area contributed by atoms with Crippen molar-refractivity contribution in [2.75, 3.05) is 6.61 Å². The van der Waals surface area contributed by atoms with Crippen molar-refractivity contribution in [1.82, 2.24) is 0 Å². The maximum absolute atomic E-state index is 9.48. The highest BCUT2D eigenvalue weighted by molar-refractivity contribution is 4.77. The molecule has 0 spiro atoms. The molecule has 10 heavy (non-hydrogen) atoms. The predicted molar refractivity (Wildman–Crippen MR) is 41.7 cm³/mol. The van der Waals surface area contributed by atoms with Gasteiger partial charge in [0.1, 0.15) is 0 Å². The van der Waals surface area contributed by atoms with Crippen molar-refractivity contribution in [1.29, 1.82) is 0 Å². The normalized spacial score (nSPS) is 18.6. The first-order valence-electron chi connectivity index (χ1n) is 3.72. The maximum Gasteiger partial charge on any atom is 0.0620 e. The molecule has 2 N–H and O–H groups in total. The van der Waals surface area contributed by atoms with Gasteiger partial charge in [-0.3, -0.25) is 0 Å². The van der Waals surface area contributed by atoms with Crippen LogP contribution in [0.1, 0.15) is 27.7 Å². The molecule has 0 rings (SSSR count). The lowest BCUT2D eigenvalue weighted by atomic mass is 9.83. The summed E-state index contributed by atoms with van der Waals surface area (Å²) in [5, 5.41) is 18.2. The zero-order valence-electron chi connectivity index (χ0n) is 7.26. The maximum atomic E-state index is 9.48. The van der Waals surface area contributed by atoms with Crippen LogP contribution in [0.25, 0.3) is 0 Å². The Balaban J connectivity index is 3.94. The summed E-state index contributed by atoms with van der Waals surface area (Å²) in [5.41, 5.74) is -0.678. The van der Waals surface area contributed by atoms with E-state index in [1.807, 2.05) is 13.8 Å². The molecule has 0 saturated heterocycles. The molecule has 0 heterocycles. The molecule has 0 aromatic rings. The topological polar surface area (TPSA) is 40.5 Å². The Labute approximate surface area is 62.9 Å². The van der Waals surface area contributed by atoms with Gasteiger partial charge in [0.05, 0.1) is 5.60 Å². The van der Waals surface area contributed by atoms with Crippen LogP contribution in [0.2, 0.25) is 0 Å². The van der Waals surface area contributed by atoms with Gasteiger partial charge in [0.25, 0.3) is 0 Å². The lowest BCUT2D eigenvalue weighted by molar-refractivity contribution is -0.00984. The van der Waals surface area contributed by atoms with Gasteiger partial charge in [0.15, 0.2) is 0 Å². The summed E-state index contributed by atoms with van der Waals surface area (Å²) in [6.07, 6.45) is 0. The van der Waals surface area contributed by atoms with Crippen LogP contribution in [-0.4, -0.2) is 22.4 Å². The second-order valence-electron chi connectivity index (χ2n) is 3.60. The van der Waals surface area contributed by atoms with Crippen molar-refractivity contribution in [3.05, 3.63) is 0 Å². The average Bonchev–Trinajstić information content (AvgIpc) is 1.83. The largest absolute Gasteiger partial charge is 0.396 e. The van der Waals surface area contributed by atoms with Gasteiger partial charge in [-0.25, -0.2) is 0 Å². The number of aliphatic hydroxyl groups is 2. The van der Waals surface area contributed by atoms with E-state index in [1.165, 1.54) is 0 Å². The van der Waals surface area contributed by atoms with Crippen molar-refractivity contribution >= 4 is 0 Å². The Morgan fingerprint density at radius 2 is 1.70 bits per heavy atom. The highest BCUT2D eigenvalue weighted by atomic mass is 16.3. The molecule has 0 radical (unpaired) electrons. The zero-order valence-corrected chi connectivity index (χ0v) is 7.26. The first-order chi connectivity index (χ1) is 4.39. The summed E-state index contributed by atoms with van der Waals surface area (Å²) in [6, 6.07) is 0. The molecule has 0 aromatic carbocycles. The van der Waals surface area contributed by atoms with Crippen LogP contribution in [0.4, 0.5) is 0 Å². The molecular weight excluding hydrogens is 128 g/mol. The van der Waals surface area contributed by atoms with E-state index in [0.29, 0.717) is 0 Å². The van der Waals surface area contributed by atoms with Crippen LogP contribution in [-0.2, 0) is 0 Å². The fourth-order valence-electron chi connectivity index (χ4n) is 0.854. The second kappa shape index (κ2) is 3.35. The quantitative estimate of drug-likeness (QED) is 0.624. The molecule has 0 unspecified atom stereocenters. The highest BCUT2D eigenvalue weighted by Crippen LogP contribution is 2.23. The number of aliphatic hydroxyl groups excluding tert-OH is 1. The fourth-order valence-corrected chi connectivity index (χ4v) is 0.854. The monoisotopic (exact) mass is 146 g/mol. The van der Waals surface area contributed by atoms with Gasteiger partial charge < -0.3 is 10.2 Å². The molecule has 0 fully saturated rings. The molecule has 0 aliphatic heterocycles. The van der Waals surface area contributed by atoms with Gasteiger partial charge in [0, 0.05) is 6.61 Å². The van der Waals surface area contributed by atoms with Crippen LogP contribution in [0.5, 0.6) is 0 Å². The van der Waals surface area contributed by atoms with Crippen LogP contribution in [0, 0.1) is 11.8 Å². The minimum absolute atomic E-state index is 0.137. The van der Waals surface area contributed by atoms with Crippen molar-refractivity contribution in [2.45, 2.75) is 33.3 Å². The SMILES string of the molecule is C[C@H](CO)[C@@H](C)C(C)(C)O. The summed E-state index contributed by atoms with van der Waals surface area (Å²) in [7, 11) is 0. The second-order valence-corrected chi connectivity index (χ2v) is 3.60. The van der Waals surface area contributed by atoms with E-state index in [9.17, 15) is 5.11 Å². The lowest BCUT2D eigenvalue weighted by Crippen LogP contribution is -2.34. The van der Waals surface area contributed by atoms with Crippen LogP contribution in [0.3, 0.4) is 0 Å². The Hall–Kier alpha value is -0.0800. The Bertz CT molecular complexity index is 93.9. The summed E-state index contributed by atoms with van der Waals surface area (Å²) in [6.45, 7) is 7.56. The highest BCUT2D eigenvalue weighted by Gasteiger charge is 2.26. The van der Waals surface area contributed by atoms with Crippen molar-refractivity contribution < 1.29 is 10.2 Å². The first kappa shape index (κ1) is 9.92. The van der Waals surface area contributed by atoms with Crippen molar-refractivity contribution in [3.63, 3.8) is 0 Å². The van der Waals surface area contributed by atoms with Crippen LogP contribution < -0.4 is 0 Å². The molecule has 0 saturated carbocycles. The smallest absolute Gasteiger partial charge is 0.0620 e. The van der Waals surface area contributed by atoms with Gasteiger partial charge in [-0.15, -0.1) is 0 Å². The van der Waals surface area contributed by atoms with E-state index in [4.69, 9.17) is 5.11 Å². The van der Waals surface area contributed by atoms with Gasteiger partial charge >= 0.3 is 0 Å². The third-order valence-electron chi connectivity index (χ3n) is 2.26. The van der Waals surface area contributed by atoms with E-state index in [2.05, 4.69) is 0 Å². The number of hydrogen-bond acceptors (Lipinski definition) is 2. The van der Waals surface area contributed by atoms with E-state index < -0.39 is 5.60 Å². The summed E-state index contributed by atoms with van der Waals surface area (Å²) < 4.78 is 0. The molecule has 62 valence electrons. The molecule has 0 aliphatic rings. The number of hydrogen-bond donors (Lipinski definition) is 2. The van der Waals surface area contributed by atoms with E-state index in [1.54, 1.807) is 13.8 Å².